The number of sulfone groups is 1. The molecule has 1 saturated carbocycles. The number of hydrogen-bond acceptors (Lipinski definition) is 3. The molecular weight excluding hydrogens is 365 g/mol. The second-order valence-electron chi connectivity index (χ2n) is 6.94. The summed E-state index contributed by atoms with van der Waals surface area (Å²) in [5.41, 5.74) is 0.868. The van der Waals surface area contributed by atoms with Crippen LogP contribution in [0.15, 0.2) is 53.4 Å². The van der Waals surface area contributed by atoms with Crippen LogP contribution in [-0.2, 0) is 9.84 Å². The maximum Gasteiger partial charge on any atom is 0.251 e. The van der Waals surface area contributed by atoms with Gasteiger partial charge in [-0.2, -0.15) is 0 Å². The van der Waals surface area contributed by atoms with Gasteiger partial charge in [0.1, 0.15) is 5.82 Å². The Morgan fingerprint density at radius 1 is 1.11 bits per heavy atom. The van der Waals surface area contributed by atoms with E-state index in [0.29, 0.717) is 11.1 Å². The van der Waals surface area contributed by atoms with Crippen LogP contribution >= 0.6 is 0 Å². The van der Waals surface area contributed by atoms with Gasteiger partial charge in [0.05, 0.1) is 16.7 Å². The van der Waals surface area contributed by atoms with Gasteiger partial charge in [-0.25, -0.2) is 12.8 Å². The van der Waals surface area contributed by atoms with Crippen molar-refractivity contribution in [1.82, 2.24) is 5.32 Å². The van der Waals surface area contributed by atoms with Crippen molar-refractivity contribution in [2.24, 2.45) is 5.92 Å². The Bertz CT molecular complexity index is 903. The molecule has 0 aliphatic heterocycles. The average molecular weight is 389 g/mol. The van der Waals surface area contributed by atoms with Gasteiger partial charge in [-0.05, 0) is 49.1 Å². The van der Waals surface area contributed by atoms with Crippen molar-refractivity contribution >= 4 is 15.7 Å². The van der Waals surface area contributed by atoms with E-state index in [1.807, 2.05) is 0 Å². The van der Waals surface area contributed by atoms with Gasteiger partial charge in [-0.3, -0.25) is 4.79 Å². The fraction of sp³-hybridized carbons (Fsp3) is 0.381. The Hall–Kier alpha value is -2.21. The van der Waals surface area contributed by atoms with Crippen molar-refractivity contribution in [3.8, 4) is 0 Å². The maximum absolute atomic E-state index is 14.4. The van der Waals surface area contributed by atoms with Crippen molar-refractivity contribution in [3.05, 3.63) is 65.5 Å². The summed E-state index contributed by atoms with van der Waals surface area (Å²) in [6.07, 6.45) is 4.06. The number of benzene rings is 2. The largest absolute Gasteiger partial charge is 0.345 e. The molecule has 1 N–H and O–H groups in total. The second-order valence-corrected chi connectivity index (χ2v) is 9.22. The van der Waals surface area contributed by atoms with Crippen molar-refractivity contribution in [2.45, 2.75) is 43.5 Å². The number of halogens is 1. The average Bonchev–Trinajstić information content (AvgIpc) is 3.21. The van der Waals surface area contributed by atoms with E-state index in [0.717, 1.165) is 25.7 Å². The number of amides is 1. The summed E-state index contributed by atoms with van der Waals surface area (Å²) in [6.45, 7) is 1.58. The van der Waals surface area contributed by atoms with Crippen LogP contribution in [0.5, 0.6) is 0 Å². The number of carbonyl (C=O) groups is 1. The number of carbonyl (C=O) groups excluding carboxylic acids is 1. The zero-order chi connectivity index (χ0) is 19.4. The second kappa shape index (κ2) is 8.21. The SMILES string of the molecule is CCS(=O)(=O)c1ccc(C(=O)NC(c2ccccc2F)C2CCCC2)cc1. The lowest BCUT2D eigenvalue weighted by Crippen LogP contribution is -2.33. The van der Waals surface area contributed by atoms with Crippen LogP contribution in [0.1, 0.15) is 54.6 Å². The van der Waals surface area contributed by atoms with E-state index in [4.69, 9.17) is 0 Å². The standard InChI is InChI=1S/C21H24FNO3S/c1-2-27(25,26)17-13-11-16(12-14-17)21(24)23-20(15-7-3-4-8-15)18-9-5-6-10-19(18)22/h5-6,9-15,20H,2-4,7-8H2,1H3,(H,23,24). The lowest BCUT2D eigenvalue weighted by Gasteiger charge is -2.25. The molecule has 1 aliphatic carbocycles. The molecule has 1 aliphatic rings. The Morgan fingerprint density at radius 3 is 2.33 bits per heavy atom. The molecule has 144 valence electrons. The minimum Gasteiger partial charge on any atom is -0.345 e. The third kappa shape index (κ3) is 4.38. The lowest BCUT2D eigenvalue weighted by atomic mass is 9.91. The van der Waals surface area contributed by atoms with Gasteiger partial charge in [0.15, 0.2) is 9.84 Å². The molecule has 3 rings (SSSR count). The predicted molar refractivity (Wildman–Crippen MR) is 103 cm³/mol. The molecule has 6 heteroatoms. The molecule has 0 aromatic heterocycles. The monoisotopic (exact) mass is 389 g/mol. The molecule has 27 heavy (non-hydrogen) atoms. The van der Waals surface area contributed by atoms with Crippen molar-refractivity contribution in [3.63, 3.8) is 0 Å². The molecule has 1 fully saturated rings. The van der Waals surface area contributed by atoms with E-state index in [1.54, 1.807) is 25.1 Å². The summed E-state index contributed by atoms with van der Waals surface area (Å²) in [6, 6.07) is 12.1. The van der Waals surface area contributed by atoms with E-state index < -0.39 is 9.84 Å². The van der Waals surface area contributed by atoms with Crippen molar-refractivity contribution in [2.75, 3.05) is 5.75 Å². The van der Waals surface area contributed by atoms with Gasteiger partial charge >= 0.3 is 0 Å². The maximum atomic E-state index is 14.4. The normalized spacial score (nSPS) is 16.2. The van der Waals surface area contributed by atoms with Crippen LogP contribution in [0.25, 0.3) is 0 Å². The molecule has 0 saturated heterocycles. The first-order chi connectivity index (χ1) is 12.9. The highest BCUT2D eigenvalue weighted by Crippen LogP contribution is 2.36. The Labute approximate surface area is 159 Å². The molecule has 0 heterocycles. The number of rotatable bonds is 6. The van der Waals surface area contributed by atoms with Crippen LogP contribution in [0.3, 0.4) is 0 Å². The Morgan fingerprint density at radius 2 is 1.74 bits per heavy atom. The molecule has 0 spiro atoms. The summed E-state index contributed by atoms with van der Waals surface area (Å²) in [5, 5.41) is 2.98. The molecule has 0 bridgehead atoms. The van der Waals surface area contributed by atoms with E-state index in [2.05, 4.69) is 5.32 Å². The first-order valence-electron chi connectivity index (χ1n) is 9.30. The van der Waals surface area contributed by atoms with Crippen LogP contribution in [-0.4, -0.2) is 20.1 Å². The zero-order valence-electron chi connectivity index (χ0n) is 15.3. The van der Waals surface area contributed by atoms with Crippen LogP contribution in [0.4, 0.5) is 4.39 Å². The first-order valence-corrected chi connectivity index (χ1v) is 11.0. The van der Waals surface area contributed by atoms with Crippen LogP contribution < -0.4 is 5.32 Å². The highest BCUT2D eigenvalue weighted by atomic mass is 32.2. The van der Waals surface area contributed by atoms with Crippen molar-refractivity contribution in [1.29, 1.82) is 0 Å². The lowest BCUT2D eigenvalue weighted by molar-refractivity contribution is 0.0920. The quantitative estimate of drug-likeness (QED) is 0.802. The Balaban J connectivity index is 1.83. The minimum absolute atomic E-state index is 0.00951. The smallest absolute Gasteiger partial charge is 0.251 e. The molecule has 1 unspecified atom stereocenters. The summed E-state index contributed by atoms with van der Waals surface area (Å²) < 4.78 is 38.2. The van der Waals surface area contributed by atoms with Crippen molar-refractivity contribution < 1.29 is 17.6 Å². The summed E-state index contributed by atoms with van der Waals surface area (Å²) in [4.78, 5) is 12.9. The molecule has 1 atom stereocenters. The number of nitrogens with one attached hydrogen (secondary N) is 1. The Kier molecular flexibility index (Phi) is 5.95. The predicted octanol–water partition coefficient (Wildman–Crippen LogP) is 4.28. The third-order valence-electron chi connectivity index (χ3n) is 5.25. The minimum atomic E-state index is -3.31. The zero-order valence-corrected chi connectivity index (χ0v) is 16.1. The molecule has 0 radical (unpaired) electrons. The fourth-order valence-electron chi connectivity index (χ4n) is 3.67. The van der Waals surface area contributed by atoms with Gasteiger partial charge in [0.2, 0.25) is 0 Å². The molecule has 2 aromatic rings. The summed E-state index contributed by atoms with van der Waals surface area (Å²) >= 11 is 0. The number of hydrogen-bond donors (Lipinski definition) is 1. The van der Waals surface area contributed by atoms with Gasteiger partial charge in [-0.15, -0.1) is 0 Å². The summed E-state index contributed by atoms with van der Waals surface area (Å²) in [5.74, 6) is -0.435. The summed E-state index contributed by atoms with van der Waals surface area (Å²) in [7, 11) is -3.31. The fourth-order valence-corrected chi connectivity index (χ4v) is 4.56. The topological polar surface area (TPSA) is 63.2 Å². The molecule has 4 nitrogen and oxygen atoms in total. The van der Waals surface area contributed by atoms with E-state index in [1.165, 1.54) is 30.3 Å². The van der Waals surface area contributed by atoms with E-state index in [9.17, 15) is 17.6 Å². The molecular formula is C21H24FNO3S. The third-order valence-corrected chi connectivity index (χ3v) is 7.00. The first kappa shape index (κ1) is 19.5. The van der Waals surface area contributed by atoms with Gasteiger partial charge in [0, 0.05) is 11.1 Å². The highest BCUT2D eigenvalue weighted by molar-refractivity contribution is 7.91. The van der Waals surface area contributed by atoms with Gasteiger partial charge < -0.3 is 5.32 Å². The van der Waals surface area contributed by atoms with E-state index >= 15 is 0 Å². The van der Waals surface area contributed by atoms with Gasteiger partial charge in [0.25, 0.3) is 5.91 Å². The molecule has 2 aromatic carbocycles. The van der Waals surface area contributed by atoms with Crippen LogP contribution in [0.2, 0.25) is 0 Å². The highest BCUT2D eigenvalue weighted by Gasteiger charge is 2.29. The van der Waals surface area contributed by atoms with Gasteiger partial charge in [-0.1, -0.05) is 38.0 Å². The van der Waals surface area contributed by atoms with Crippen LogP contribution in [0, 0.1) is 11.7 Å². The molecule has 1 amide bonds. The van der Waals surface area contributed by atoms with E-state index in [-0.39, 0.29) is 34.3 Å².